The quantitative estimate of drug-likeness (QED) is 0.550. The van der Waals surface area contributed by atoms with Gasteiger partial charge in [-0.2, -0.15) is 8.78 Å². The van der Waals surface area contributed by atoms with Crippen molar-refractivity contribution in [2.24, 2.45) is 4.99 Å². The second kappa shape index (κ2) is 10.6. The number of alkyl halides is 2. The van der Waals surface area contributed by atoms with Crippen LogP contribution in [0.3, 0.4) is 0 Å². The van der Waals surface area contributed by atoms with Gasteiger partial charge in [-0.05, 0) is 36.2 Å². The Bertz CT molecular complexity index is 827. The maximum Gasteiger partial charge on any atom is 0.387 e. The summed E-state index contributed by atoms with van der Waals surface area (Å²) in [5.74, 6) is 2.14. The number of rotatable bonds is 7. The lowest BCUT2D eigenvalue weighted by atomic mass is 10.1. The van der Waals surface area contributed by atoms with Crippen LogP contribution in [-0.2, 0) is 6.42 Å². The zero-order chi connectivity index (χ0) is 21.3. The molecule has 2 aromatic rings. The Balaban J connectivity index is 1.50. The van der Waals surface area contributed by atoms with Crippen LogP contribution in [0.1, 0.15) is 5.56 Å². The number of aliphatic imine (C=N–C) groups is 1. The van der Waals surface area contributed by atoms with Crippen molar-refractivity contribution in [1.82, 2.24) is 15.2 Å². The molecule has 0 atom stereocenters. The summed E-state index contributed by atoms with van der Waals surface area (Å²) in [6.07, 6.45) is 2.44. The summed E-state index contributed by atoms with van der Waals surface area (Å²) in [6, 6.07) is 11.0. The molecule has 0 unspecified atom stereocenters. The van der Waals surface area contributed by atoms with E-state index in [0.717, 1.165) is 43.5 Å². The molecule has 7 nitrogen and oxygen atoms in total. The van der Waals surface area contributed by atoms with Crippen LogP contribution >= 0.6 is 0 Å². The zero-order valence-corrected chi connectivity index (χ0v) is 17.2. The Morgan fingerprint density at radius 2 is 1.97 bits per heavy atom. The van der Waals surface area contributed by atoms with Crippen LogP contribution in [0.4, 0.5) is 14.6 Å². The minimum atomic E-state index is -2.89. The van der Waals surface area contributed by atoms with E-state index in [4.69, 9.17) is 4.74 Å². The highest BCUT2D eigenvalue weighted by atomic mass is 19.3. The molecule has 0 saturated carbocycles. The first-order valence-corrected chi connectivity index (χ1v) is 9.84. The number of nitrogens with one attached hydrogen (secondary N) is 1. The molecule has 0 radical (unpaired) electrons. The SMILES string of the molecule is CN=C(NCCc1ccc(OC)c(OC(F)F)c1)N1CCN(c2ccccn2)CC1. The Hall–Kier alpha value is -3.10. The lowest BCUT2D eigenvalue weighted by molar-refractivity contribution is -0.0512. The maximum atomic E-state index is 12.6. The number of aromatic nitrogens is 1. The van der Waals surface area contributed by atoms with E-state index >= 15 is 0 Å². The first kappa shape index (κ1) is 21.6. The topological polar surface area (TPSA) is 62.2 Å². The van der Waals surface area contributed by atoms with Crippen LogP contribution in [0.5, 0.6) is 11.5 Å². The number of hydrogen-bond donors (Lipinski definition) is 1. The third kappa shape index (κ3) is 5.71. The number of guanidine groups is 1. The molecule has 1 N–H and O–H groups in total. The van der Waals surface area contributed by atoms with E-state index in [1.54, 1.807) is 25.4 Å². The largest absolute Gasteiger partial charge is 0.493 e. The molecule has 1 aromatic carbocycles. The van der Waals surface area contributed by atoms with Gasteiger partial charge >= 0.3 is 6.61 Å². The maximum absolute atomic E-state index is 12.6. The van der Waals surface area contributed by atoms with Crippen molar-refractivity contribution < 1.29 is 18.3 Å². The lowest BCUT2D eigenvalue weighted by Crippen LogP contribution is -2.53. The molecule has 1 aliphatic rings. The number of pyridine rings is 1. The van der Waals surface area contributed by atoms with E-state index < -0.39 is 6.61 Å². The Kier molecular flexibility index (Phi) is 7.64. The van der Waals surface area contributed by atoms with Crippen molar-refractivity contribution in [1.29, 1.82) is 0 Å². The van der Waals surface area contributed by atoms with Crippen LogP contribution < -0.4 is 19.7 Å². The second-order valence-electron chi connectivity index (χ2n) is 6.75. The Morgan fingerprint density at radius 1 is 1.17 bits per heavy atom. The molecule has 162 valence electrons. The normalized spacial score (nSPS) is 14.8. The van der Waals surface area contributed by atoms with Crippen LogP contribution in [0.25, 0.3) is 0 Å². The van der Waals surface area contributed by atoms with Gasteiger partial charge in [-0.3, -0.25) is 4.99 Å². The van der Waals surface area contributed by atoms with Crippen molar-refractivity contribution in [2.75, 3.05) is 51.8 Å². The number of ether oxygens (including phenoxy) is 2. The molecule has 1 fully saturated rings. The smallest absolute Gasteiger partial charge is 0.387 e. The Morgan fingerprint density at radius 3 is 2.60 bits per heavy atom. The van der Waals surface area contributed by atoms with Gasteiger partial charge in [0.25, 0.3) is 0 Å². The summed E-state index contributed by atoms with van der Waals surface area (Å²) in [4.78, 5) is 13.2. The molecule has 30 heavy (non-hydrogen) atoms. The third-order valence-corrected chi connectivity index (χ3v) is 4.91. The predicted molar refractivity (Wildman–Crippen MR) is 113 cm³/mol. The van der Waals surface area contributed by atoms with Gasteiger partial charge in [0.15, 0.2) is 17.5 Å². The molecule has 0 aliphatic carbocycles. The van der Waals surface area contributed by atoms with Gasteiger partial charge in [0, 0.05) is 46.0 Å². The standard InChI is InChI=1S/C21H27F2N5O2/c1-24-21(28-13-11-27(12-14-28)19-5-3-4-9-25-19)26-10-8-16-6-7-17(29-2)18(15-16)30-20(22)23/h3-7,9,15,20H,8,10-14H2,1-2H3,(H,24,26). The minimum Gasteiger partial charge on any atom is -0.493 e. The van der Waals surface area contributed by atoms with E-state index in [-0.39, 0.29) is 11.5 Å². The third-order valence-electron chi connectivity index (χ3n) is 4.91. The van der Waals surface area contributed by atoms with Crippen LogP contribution in [0.2, 0.25) is 0 Å². The number of nitrogens with zero attached hydrogens (tertiary/aromatic N) is 4. The number of piperazine rings is 1. The number of benzene rings is 1. The van der Waals surface area contributed by atoms with E-state index in [1.807, 2.05) is 24.3 Å². The molecular weight excluding hydrogens is 392 g/mol. The fraction of sp³-hybridized carbons (Fsp3) is 0.429. The molecule has 0 spiro atoms. The second-order valence-corrected chi connectivity index (χ2v) is 6.75. The molecule has 9 heteroatoms. The van der Waals surface area contributed by atoms with Gasteiger partial charge < -0.3 is 24.6 Å². The van der Waals surface area contributed by atoms with Gasteiger partial charge in [-0.1, -0.05) is 12.1 Å². The van der Waals surface area contributed by atoms with Crippen LogP contribution in [0.15, 0.2) is 47.6 Å². The molecule has 1 saturated heterocycles. The molecular formula is C21H27F2N5O2. The molecule has 2 heterocycles. The first-order chi connectivity index (χ1) is 14.6. The first-order valence-electron chi connectivity index (χ1n) is 9.84. The number of halogens is 2. The van der Waals surface area contributed by atoms with Crippen LogP contribution in [-0.4, -0.2) is 69.3 Å². The molecule has 0 bridgehead atoms. The average Bonchev–Trinajstić information content (AvgIpc) is 2.77. The molecule has 1 aromatic heterocycles. The van der Waals surface area contributed by atoms with Gasteiger partial charge in [0.1, 0.15) is 5.82 Å². The number of methoxy groups -OCH3 is 1. The Labute approximate surface area is 175 Å². The highest BCUT2D eigenvalue weighted by Gasteiger charge is 2.20. The van der Waals surface area contributed by atoms with E-state index in [0.29, 0.717) is 13.0 Å². The summed E-state index contributed by atoms with van der Waals surface area (Å²) < 4.78 is 34.8. The molecule has 0 amide bonds. The van der Waals surface area contributed by atoms with Crippen molar-refractivity contribution in [3.05, 3.63) is 48.2 Å². The number of anilines is 1. The summed E-state index contributed by atoms with van der Waals surface area (Å²) in [5, 5.41) is 3.35. The highest BCUT2D eigenvalue weighted by molar-refractivity contribution is 5.80. The van der Waals surface area contributed by atoms with Gasteiger partial charge in [-0.15, -0.1) is 0 Å². The summed E-state index contributed by atoms with van der Waals surface area (Å²) in [6.45, 7) is 1.13. The van der Waals surface area contributed by atoms with Crippen molar-refractivity contribution >= 4 is 11.8 Å². The zero-order valence-electron chi connectivity index (χ0n) is 17.2. The fourth-order valence-corrected chi connectivity index (χ4v) is 3.40. The van der Waals surface area contributed by atoms with Crippen LogP contribution in [0, 0.1) is 0 Å². The minimum absolute atomic E-state index is 0.0417. The van der Waals surface area contributed by atoms with Gasteiger partial charge in [0.05, 0.1) is 7.11 Å². The summed E-state index contributed by atoms with van der Waals surface area (Å²) in [5.41, 5.74) is 0.870. The van der Waals surface area contributed by atoms with E-state index in [9.17, 15) is 8.78 Å². The van der Waals surface area contributed by atoms with Crippen molar-refractivity contribution in [3.63, 3.8) is 0 Å². The molecule has 3 rings (SSSR count). The van der Waals surface area contributed by atoms with E-state index in [2.05, 4.69) is 29.8 Å². The highest BCUT2D eigenvalue weighted by Crippen LogP contribution is 2.29. The predicted octanol–water partition coefficient (Wildman–Crippen LogP) is 2.63. The molecule has 1 aliphatic heterocycles. The van der Waals surface area contributed by atoms with Gasteiger partial charge in [-0.25, -0.2) is 4.98 Å². The van der Waals surface area contributed by atoms with Gasteiger partial charge in [0.2, 0.25) is 0 Å². The number of hydrogen-bond acceptors (Lipinski definition) is 5. The summed E-state index contributed by atoms with van der Waals surface area (Å²) >= 11 is 0. The van der Waals surface area contributed by atoms with Crippen molar-refractivity contribution in [3.8, 4) is 11.5 Å². The lowest BCUT2D eigenvalue weighted by Gasteiger charge is -2.37. The monoisotopic (exact) mass is 419 g/mol. The van der Waals surface area contributed by atoms with Crippen molar-refractivity contribution in [2.45, 2.75) is 13.0 Å². The van der Waals surface area contributed by atoms with E-state index in [1.165, 1.54) is 7.11 Å². The summed E-state index contributed by atoms with van der Waals surface area (Å²) in [7, 11) is 3.18. The fourth-order valence-electron chi connectivity index (χ4n) is 3.40. The average molecular weight is 419 g/mol.